The van der Waals surface area contributed by atoms with Crippen molar-refractivity contribution in [3.63, 3.8) is 0 Å². The van der Waals surface area contributed by atoms with E-state index in [1.807, 2.05) is 13.0 Å². The Labute approximate surface area is 113 Å². The fourth-order valence-corrected chi connectivity index (χ4v) is 2.53. The summed E-state index contributed by atoms with van der Waals surface area (Å²) in [6.45, 7) is 3.09. The summed E-state index contributed by atoms with van der Waals surface area (Å²) in [5.74, 6) is 0.0196. The highest BCUT2D eigenvalue weighted by Gasteiger charge is 2.25. The van der Waals surface area contributed by atoms with Gasteiger partial charge >= 0.3 is 0 Å². The maximum absolute atomic E-state index is 13.1. The van der Waals surface area contributed by atoms with E-state index in [1.165, 1.54) is 12.1 Å². The first-order chi connectivity index (χ1) is 9.04. The van der Waals surface area contributed by atoms with Gasteiger partial charge in [0.2, 0.25) is 5.91 Å². The van der Waals surface area contributed by atoms with Gasteiger partial charge in [0.15, 0.2) is 0 Å². The van der Waals surface area contributed by atoms with Gasteiger partial charge in [-0.15, -0.1) is 0 Å². The lowest BCUT2D eigenvalue weighted by molar-refractivity contribution is -0.131. The summed E-state index contributed by atoms with van der Waals surface area (Å²) in [6, 6.07) is 6.51. The molecular weight excluding hydrogens is 245 g/mol. The van der Waals surface area contributed by atoms with Crippen molar-refractivity contribution < 1.29 is 14.3 Å². The fraction of sp³-hybridized carbons (Fsp3) is 0.533. The summed E-state index contributed by atoms with van der Waals surface area (Å²) in [6.07, 6.45) is 1.44. The van der Waals surface area contributed by atoms with Crippen LogP contribution < -0.4 is 0 Å². The number of carbonyl (C=O) groups is 1. The molecule has 1 aromatic rings. The molecule has 1 fully saturated rings. The maximum Gasteiger partial charge on any atom is 0.222 e. The van der Waals surface area contributed by atoms with Gasteiger partial charge in [-0.1, -0.05) is 19.1 Å². The average molecular weight is 265 g/mol. The molecule has 1 aliphatic rings. The number of aliphatic hydroxyl groups excluding tert-OH is 1. The van der Waals surface area contributed by atoms with E-state index in [4.69, 9.17) is 0 Å². The normalized spacial score (nSPS) is 20.6. The van der Waals surface area contributed by atoms with Gasteiger partial charge < -0.3 is 10.0 Å². The van der Waals surface area contributed by atoms with E-state index in [-0.39, 0.29) is 23.7 Å². The van der Waals surface area contributed by atoms with Crippen LogP contribution in [0.25, 0.3) is 0 Å². The second-order valence-corrected chi connectivity index (χ2v) is 5.43. The van der Waals surface area contributed by atoms with Crippen molar-refractivity contribution in [1.82, 2.24) is 4.90 Å². The number of likely N-dealkylation sites (tertiary alicyclic amines) is 1. The smallest absolute Gasteiger partial charge is 0.222 e. The number of carbonyl (C=O) groups excluding carboxylic acids is 1. The fourth-order valence-electron chi connectivity index (χ4n) is 2.53. The van der Waals surface area contributed by atoms with Crippen LogP contribution >= 0.6 is 0 Å². The Morgan fingerprint density at radius 3 is 3.00 bits per heavy atom. The molecule has 0 aliphatic carbocycles. The molecule has 2 atom stereocenters. The molecule has 1 aliphatic heterocycles. The summed E-state index contributed by atoms with van der Waals surface area (Å²) in [4.78, 5) is 13.7. The largest absolute Gasteiger partial charge is 0.391 e. The van der Waals surface area contributed by atoms with Crippen molar-refractivity contribution in [3.05, 3.63) is 35.6 Å². The molecule has 1 N–H and O–H groups in total. The molecule has 4 heteroatoms. The number of hydrogen-bond acceptors (Lipinski definition) is 2. The van der Waals surface area contributed by atoms with Crippen molar-refractivity contribution in [2.24, 2.45) is 5.92 Å². The molecule has 1 saturated heterocycles. The standard InChI is InChI=1S/C15H20FNO2/c1-11(7-12-3-2-4-13(16)9-12)8-15(19)17-6-5-14(18)10-17/h2-4,9,11,14,18H,5-8,10H2,1H3/t11?,14-/m0/s1. The van der Waals surface area contributed by atoms with Crippen molar-refractivity contribution in [2.45, 2.75) is 32.3 Å². The summed E-state index contributed by atoms with van der Waals surface area (Å²) >= 11 is 0. The molecule has 1 amide bonds. The van der Waals surface area contributed by atoms with Gasteiger partial charge in [0.1, 0.15) is 5.82 Å². The molecule has 2 rings (SSSR count). The highest BCUT2D eigenvalue weighted by Crippen LogP contribution is 2.17. The van der Waals surface area contributed by atoms with Gasteiger partial charge in [-0.2, -0.15) is 0 Å². The van der Waals surface area contributed by atoms with Gasteiger partial charge in [-0.05, 0) is 36.5 Å². The van der Waals surface area contributed by atoms with Crippen LogP contribution in [0, 0.1) is 11.7 Å². The van der Waals surface area contributed by atoms with E-state index in [2.05, 4.69) is 0 Å². The first kappa shape index (κ1) is 14.0. The lowest BCUT2D eigenvalue weighted by Crippen LogP contribution is -2.30. The molecule has 0 saturated carbocycles. The zero-order chi connectivity index (χ0) is 13.8. The molecule has 1 aromatic carbocycles. The first-order valence-corrected chi connectivity index (χ1v) is 6.75. The third kappa shape index (κ3) is 4.03. The van der Waals surface area contributed by atoms with E-state index in [1.54, 1.807) is 11.0 Å². The van der Waals surface area contributed by atoms with E-state index < -0.39 is 0 Å². The Balaban J connectivity index is 1.84. The predicted octanol–water partition coefficient (Wildman–Crippen LogP) is 1.99. The number of aliphatic hydroxyl groups is 1. The Bertz CT molecular complexity index is 450. The zero-order valence-corrected chi connectivity index (χ0v) is 11.2. The summed E-state index contributed by atoms with van der Waals surface area (Å²) < 4.78 is 13.1. The zero-order valence-electron chi connectivity index (χ0n) is 11.2. The second kappa shape index (κ2) is 6.15. The van der Waals surface area contributed by atoms with Gasteiger partial charge in [-0.3, -0.25) is 4.79 Å². The predicted molar refractivity (Wildman–Crippen MR) is 71.1 cm³/mol. The van der Waals surface area contributed by atoms with E-state index in [9.17, 15) is 14.3 Å². The summed E-state index contributed by atoms with van der Waals surface area (Å²) in [5.41, 5.74) is 0.918. The summed E-state index contributed by atoms with van der Waals surface area (Å²) in [5, 5.41) is 9.41. The Kier molecular flexibility index (Phi) is 4.53. The summed E-state index contributed by atoms with van der Waals surface area (Å²) in [7, 11) is 0. The number of benzene rings is 1. The van der Waals surface area contributed by atoms with Crippen LogP contribution in [0.5, 0.6) is 0 Å². The SMILES string of the molecule is CC(CC(=O)N1CC[C@H](O)C1)Cc1cccc(F)c1. The Hall–Kier alpha value is -1.42. The molecule has 1 heterocycles. The van der Waals surface area contributed by atoms with Crippen LogP contribution in [-0.4, -0.2) is 35.1 Å². The monoisotopic (exact) mass is 265 g/mol. The van der Waals surface area contributed by atoms with Crippen molar-refractivity contribution >= 4 is 5.91 Å². The Morgan fingerprint density at radius 2 is 2.37 bits per heavy atom. The minimum atomic E-state index is -0.373. The second-order valence-electron chi connectivity index (χ2n) is 5.43. The lowest BCUT2D eigenvalue weighted by Gasteiger charge is -2.18. The molecule has 0 bridgehead atoms. The third-order valence-corrected chi connectivity index (χ3v) is 3.51. The third-order valence-electron chi connectivity index (χ3n) is 3.51. The van der Waals surface area contributed by atoms with Crippen LogP contribution in [0.15, 0.2) is 24.3 Å². The van der Waals surface area contributed by atoms with E-state index >= 15 is 0 Å². The first-order valence-electron chi connectivity index (χ1n) is 6.75. The minimum absolute atomic E-state index is 0.0838. The minimum Gasteiger partial charge on any atom is -0.391 e. The van der Waals surface area contributed by atoms with Crippen LogP contribution in [0.4, 0.5) is 4.39 Å². The van der Waals surface area contributed by atoms with Crippen LogP contribution in [-0.2, 0) is 11.2 Å². The van der Waals surface area contributed by atoms with Crippen LogP contribution in [0.2, 0.25) is 0 Å². The number of amides is 1. The molecule has 1 unspecified atom stereocenters. The van der Waals surface area contributed by atoms with Gasteiger partial charge in [0.25, 0.3) is 0 Å². The molecule has 19 heavy (non-hydrogen) atoms. The lowest BCUT2D eigenvalue weighted by atomic mass is 9.97. The average Bonchev–Trinajstić information content (AvgIpc) is 2.75. The highest BCUT2D eigenvalue weighted by atomic mass is 19.1. The quantitative estimate of drug-likeness (QED) is 0.904. The van der Waals surface area contributed by atoms with Gasteiger partial charge in [0.05, 0.1) is 6.10 Å². The Morgan fingerprint density at radius 1 is 1.58 bits per heavy atom. The number of halogens is 1. The van der Waals surface area contributed by atoms with E-state index in [0.29, 0.717) is 32.4 Å². The maximum atomic E-state index is 13.1. The molecule has 0 spiro atoms. The molecular formula is C15H20FNO2. The van der Waals surface area contributed by atoms with Gasteiger partial charge in [0, 0.05) is 19.5 Å². The number of rotatable bonds is 4. The van der Waals surface area contributed by atoms with E-state index in [0.717, 1.165) is 5.56 Å². The van der Waals surface area contributed by atoms with Crippen molar-refractivity contribution in [1.29, 1.82) is 0 Å². The van der Waals surface area contributed by atoms with Gasteiger partial charge in [-0.25, -0.2) is 4.39 Å². The topological polar surface area (TPSA) is 40.5 Å². The van der Waals surface area contributed by atoms with Crippen molar-refractivity contribution in [3.8, 4) is 0 Å². The molecule has 104 valence electrons. The molecule has 0 aromatic heterocycles. The highest BCUT2D eigenvalue weighted by molar-refractivity contribution is 5.76. The number of hydrogen-bond donors (Lipinski definition) is 1. The van der Waals surface area contributed by atoms with Crippen LogP contribution in [0.3, 0.4) is 0 Å². The molecule has 3 nitrogen and oxygen atoms in total. The van der Waals surface area contributed by atoms with Crippen molar-refractivity contribution in [2.75, 3.05) is 13.1 Å². The van der Waals surface area contributed by atoms with Crippen LogP contribution in [0.1, 0.15) is 25.3 Å². The number of nitrogens with zero attached hydrogens (tertiary/aromatic N) is 1. The number of β-amino-alcohol motifs (C(OH)–C–C–N with tert-alkyl or cyclic N) is 1. The molecule has 0 radical (unpaired) electrons.